The zero-order chi connectivity index (χ0) is 13.1. The number of aliphatic hydroxyl groups is 1. The average molecular weight is 256 g/mol. The van der Waals surface area contributed by atoms with Gasteiger partial charge in [0.2, 0.25) is 0 Å². The van der Waals surface area contributed by atoms with E-state index in [4.69, 9.17) is 5.11 Å². The van der Waals surface area contributed by atoms with Crippen LogP contribution in [0, 0.1) is 5.92 Å². The number of hydrogen-bond acceptors (Lipinski definition) is 5. The minimum atomic E-state index is 0.248. The van der Waals surface area contributed by atoms with Crippen LogP contribution >= 0.6 is 0 Å². The highest BCUT2D eigenvalue weighted by Gasteiger charge is 2.22. The van der Waals surface area contributed by atoms with Crippen LogP contribution in [0.15, 0.2) is 36.7 Å². The van der Waals surface area contributed by atoms with Crippen molar-refractivity contribution in [3.05, 3.63) is 36.7 Å². The van der Waals surface area contributed by atoms with Crippen molar-refractivity contribution in [2.75, 3.05) is 24.6 Å². The second-order valence-corrected chi connectivity index (χ2v) is 4.80. The van der Waals surface area contributed by atoms with Crippen LogP contribution in [-0.4, -0.2) is 40.0 Å². The maximum absolute atomic E-state index is 9.15. The number of aliphatic hydroxyl groups excluding tert-OH is 1. The molecule has 19 heavy (non-hydrogen) atoms. The van der Waals surface area contributed by atoms with Crippen LogP contribution in [0.25, 0.3) is 11.3 Å². The maximum atomic E-state index is 9.15. The summed E-state index contributed by atoms with van der Waals surface area (Å²) in [7, 11) is 0. The minimum absolute atomic E-state index is 0.248. The van der Waals surface area contributed by atoms with E-state index in [2.05, 4.69) is 20.1 Å². The summed E-state index contributed by atoms with van der Waals surface area (Å²) in [6.07, 6.45) is 4.54. The molecule has 1 N–H and O–H groups in total. The van der Waals surface area contributed by atoms with Crippen molar-refractivity contribution in [2.45, 2.75) is 6.42 Å². The summed E-state index contributed by atoms with van der Waals surface area (Å²) < 4.78 is 0. The van der Waals surface area contributed by atoms with Crippen molar-refractivity contribution in [2.24, 2.45) is 5.92 Å². The highest BCUT2D eigenvalue weighted by atomic mass is 16.3. The zero-order valence-electron chi connectivity index (χ0n) is 10.6. The van der Waals surface area contributed by atoms with E-state index in [1.54, 1.807) is 12.4 Å². The Morgan fingerprint density at radius 3 is 2.84 bits per heavy atom. The standard InChI is InChI=1S/C14H16N4O/c19-10-11-5-7-18(9-11)14-4-3-13(16-17-14)12-2-1-6-15-8-12/h1-4,6,8,11,19H,5,7,9-10H2. The number of pyridine rings is 1. The van der Waals surface area contributed by atoms with Crippen LogP contribution in [0.3, 0.4) is 0 Å². The summed E-state index contributed by atoms with van der Waals surface area (Å²) >= 11 is 0. The molecule has 0 radical (unpaired) electrons. The fourth-order valence-electron chi connectivity index (χ4n) is 2.35. The van der Waals surface area contributed by atoms with E-state index in [-0.39, 0.29) is 6.61 Å². The predicted molar refractivity (Wildman–Crippen MR) is 72.7 cm³/mol. The molecule has 0 aliphatic carbocycles. The topological polar surface area (TPSA) is 62.1 Å². The lowest BCUT2D eigenvalue weighted by atomic mass is 10.1. The fraction of sp³-hybridized carbons (Fsp3) is 0.357. The van der Waals surface area contributed by atoms with Crippen LogP contribution in [-0.2, 0) is 0 Å². The van der Waals surface area contributed by atoms with Gasteiger partial charge in [-0.3, -0.25) is 4.98 Å². The van der Waals surface area contributed by atoms with Crippen molar-refractivity contribution < 1.29 is 5.11 Å². The normalized spacial score (nSPS) is 18.8. The molecule has 0 aromatic carbocycles. The van der Waals surface area contributed by atoms with Crippen molar-refractivity contribution in [3.63, 3.8) is 0 Å². The summed E-state index contributed by atoms with van der Waals surface area (Å²) in [6, 6.07) is 7.80. The van der Waals surface area contributed by atoms with Crippen molar-refractivity contribution in [3.8, 4) is 11.3 Å². The molecule has 0 amide bonds. The molecule has 1 fully saturated rings. The van der Waals surface area contributed by atoms with Gasteiger partial charge in [-0.05, 0) is 30.7 Å². The second-order valence-electron chi connectivity index (χ2n) is 4.80. The molecule has 5 nitrogen and oxygen atoms in total. The Kier molecular flexibility index (Phi) is 3.37. The van der Waals surface area contributed by atoms with Crippen LogP contribution in [0.4, 0.5) is 5.82 Å². The molecular weight excluding hydrogens is 240 g/mol. The Morgan fingerprint density at radius 2 is 2.21 bits per heavy atom. The van der Waals surface area contributed by atoms with Gasteiger partial charge in [-0.25, -0.2) is 0 Å². The number of hydrogen-bond donors (Lipinski definition) is 1. The summed E-state index contributed by atoms with van der Waals surface area (Å²) in [5, 5.41) is 17.7. The predicted octanol–water partition coefficient (Wildman–Crippen LogP) is 1.36. The lowest BCUT2D eigenvalue weighted by molar-refractivity contribution is 0.238. The van der Waals surface area contributed by atoms with Gasteiger partial charge in [-0.1, -0.05) is 0 Å². The quantitative estimate of drug-likeness (QED) is 0.898. The summed E-state index contributed by atoms with van der Waals surface area (Å²) in [5.41, 5.74) is 1.80. The molecule has 1 aliphatic heterocycles. The molecule has 0 spiro atoms. The van der Waals surface area contributed by atoms with E-state index in [0.29, 0.717) is 5.92 Å². The monoisotopic (exact) mass is 256 g/mol. The lowest BCUT2D eigenvalue weighted by Crippen LogP contribution is -2.21. The van der Waals surface area contributed by atoms with Crippen LogP contribution in [0.5, 0.6) is 0 Å². The Bertz CT molecular complexity index is 529. The van der Waals surface area contributed by atoms with E-state index in [9.17, 15) is 0 Å². The van der Waals surface area contributed by atoms with Gasteiger partial charge < -0.3 is 10.0 Å². The first-order valence-corrected chi connectivity index (χ1v) is 6.47. The van der Waals surface area contributed by atoms with Gasteiger partial charge >= 0.3 is 0 Å². The molecule has 1 atom stereocenters. The SMILES string of the molecule is OCC1CCN(c2ccc(-c3cccnc3)nn2)C1. The van der Waals surface area contributed by atoms with Gasteiger partial charge in [-0.15, -0.1) is 10.2 Å². The third-order valence-corrected chi connectivity index (χ3v) is 3.48. The minimum Gasteiger partial charge on any atom is -0.396 e. The number of rotatable bonds is 3. The van der Waals surface area contributed by atoms with Crippen molar-refractivity contribution >= 4 is 5.82 Å². The molecule has 2 aromatic heterocycles. The van der Waals surface area contributed by atoms with Gasteiger partial charge in [0, 0.05) is 43.6 Å². The molecule has 3 rings (SSSR count). The van der Waals surface area contributed by atoms with E-state index >= 15 is 0 Å². The molecule has 5 heteroatoms. The van der Waals surface area contributed by atoms with Crippen LogP contribution in [0.1, 0.15) is 6.42 Å². The number of nitrogens with zero attached hydrogens (tertiary/aromatic N) is 4. The molecule has 2 aromatic rings. The Labute approximate surface area is 111 Å². The van der Waals surface area contributed by atoms with Gasteiger partial charge in [0.05, 0.1) is 5.69 Å². The number of anilines is 1. The Hall–Kier alpha value is -2.01. The Balaban J connectivity index is 1.76. The molecule has 0 saturated carbocycles. The first kappa shape index (κ1) is 12.0. The summed E-state index contributed by atoms with van der Waals surface area (Å²) in [5.74, 6) is 1.24. The number of aromatic nitrogens is 3. The van der Waals surface area contributed by atoms with Gasteiger partial charge in [-0.2, -0.15) is 0 Å². The van der Waals surface area contributed by atoms with E-state index in [1.807, 2.05) is 24.3 Å². The maximum Gasteiger partial charge on any atom is 0.151 e. The van der Waals surface area contributed by atoms with E-state index < -0.39 is 0 Å². The molecule has 1 aliphatic rings. The highest BCUT2D eigenvalue weighted by Crippen LogP contribution is 2.22. The molecule has 1 saturated heterocycles. The van der Waals surface area contributed by atoms with Gasteiger partial charge in [0.1, 0.15) is 0 Å². The average Bonchev–Trinajstić information content (AvgIpc) is 2.97. The molecule has 1 unspecified atom stereocenters. The van der Waals surface area contributed by atoms with Crippen LogP contribution in [0.2, 0.25) is 0 Å². The van der Waals surface area contributed by atoms with Gasteiger partial charge in [0.25, 0.3) is 0 Å². The van der Waals surface area contributed by atoms with Crippen LogP contribution < -0.4 is 4.90 Å². The molecule has 0 bridgehead atoms. The van der Waals surface area contributed by atoms with Gasteiger partial charge in [0.15, 0.2) is 5.82 Å². The Morgan fingerprint density at radius 1 is 1.26 bits per heavy atom. The fourth-order valence-corrected chi connectivity index (χ4v) is 2.35. The third kappa shape index (κ3) is 2.56. The third-order valence-electron chi connectivity index (χ3n) is 3.48. The zero-order valence-corrected chi connectivity index (χ0v) is 10.6. The molecule has 98 valence electrons. The largest absolute Gasteiger partial charge is 0.396 e. The van der Waals surface area contributed by atoms with E-state index in [1.165, 1.54) is 0 Å². The van der Waals surface area contributed by atoms with Crippen molar-refractivity contribution in [1.82, 2.24) is 15.2 Å². The summed E-state index contributed by atoms with van der Waals surface area (Å²) in [4.78, 5) is 6.24. The first-order valence-electron chi connectivity index (χ1n) is 6.47. The summed E-state index contributed by atoms with van der Waals surface area (Å²) in [6.45, 7) is 2.04. The van der Waals surface area contributed by atoms with E-state index in [0.717, 1.165) is 36.6 Å². The van der Waals surface area contributed by atoms with Crippen molar-refractivity contribution in [1.29, 1.82) is 0 Å². The highest BCUT2D eigenvalue weighted by molar-refractivity contribution is 5.58. The smallest absolute Gasteiger partial charge is 0.151 e. The second kappa shape index (κ2) is 5.32. The lowest BCUT2D eigenvalue weighted by Gasteiger charge is -2.16. The first-order chi connectivity index (χ1) is 9.36. The molecular formula is C14H16N4O. The molecule has 3 heterocycles.